The van der Waals surface area contributed by atoms with Crippen molar-refractivity contribution in [3.8, 4) is 0 Å². The first kappa shape index (κ1) is 32.5. The molecule has 0 fully saturated rings. The summed E-state index contributed by atoms with van der Waals surface area (Å²) < 4.78 is 0. The second kappa shape index (κ2) is 21.9. The fourth-order valence-corrected chi connectivity index (χ4v) is 0.901. The number of alkyl halides is 1. The van der Waals surface area contributed by atoms with Crippen molar-refractivity contribution in [1.29, 1.82) is 0 Å². The molecule has 0 bridgehead atoms. The lowest BCUT2D eigenvalue weighted by Gasteiger charge is -2.02. The van der Waals surface area contributed by atoms with Gasteiger partial charge in [-0.1, -0.05) is 15.9 Å². The van der Waals surface area contributed by atoms with Gasteiger partial charge in [-0.05, 0) is 24.3 Å². The molecule has 0 aromatic heterocycles. The third-order valence-electron chi connectivity index (χ3n) is 1.32. The van der Waals surface area contributed by atoms with Crippen LogP contribution in [0.2, 0.25) is 0 Å². The van der Waals surface area contributed by atoms with E-state index in [1.807, 2.05) is 0 Å². The fourth-order valence-electron chi connectivity index (χ4n) is 0.761. The largest absolute Gasteiger partial charge is 0.481 e. The van der Waals surface area contributed by atoms with Crippen LogP contribution in [0.5, 0.6) is 0 Å². The van der Waals surface area contributed by atoms with Crippen LogP contribution in [0, 0.1) is 0 Å². The molecule has 0 aliphatic carbocycles. The predicted octanol–water partition coefficient (Wildman–Crippen LogP) is 1.97. The minimum atomic E-state index is -0.833. The van der Waals surface area contributed by atoms with Crippen molar-refractivity contribution in [2.24, 2.45) is 0 Å². The van der Waals surface area contributed by atoms with E-state index in [9.17, 15) is 4.79 Å². The zero-order valence-corrected chi connectivity index (χ0v) is 17.4. The van der Waals surface area contributed by atoms with E-state index in [1.54, 1.807) is 24.3 Å². The van der Waals surface area contributed by atoms with E-state index in [4.69, 9.17) is 45.3 Å². The molecule has 28 heavy (non-hydrogen) atoms. The molecule has 0 aliphatic heterocycles. The maximum Gasteiger partial charge on any atom is 0.300 e. The number of aliphatic carboxylic acids is 4. The molecule has 7 N–H and O–H groups in total. The standard InChI is InChI=1S/C8H9BrN2O.4C2H4O2/c9-5-8(12)11-7-3-1-6(10)2-4-7;4*1-2(3)4/h1-4H,5,10H2,(H,11,12);4*1H3,(H,3,4). The van der Waals surface area contributed by atoms with Gasteiger partial charge in [0.05, 0.1) is 5.33 Å². The number of nitrogens with one attached hydrogen (secondary N) is 1. The van der Waals surface area contributed by atoms with Crippen LogP contribution < -0.4 is 11.1 Å². The number of carbonyl (C=O) groups is 5. The Bertz CT molecular complexity index is 541. The summed E-state index contributed by atoms with van der Waals surface area (Å²) >= 11 is 3.05. The molecular weight excluding hydrogens is 444 g/mol. The number of carboxylic acid groups (broad SMARTS) is 4. The van der Waals surface area contributed by atoms with Crippen molar-refractivity contribution in [3.63, 3.8) is 0 Å². The molecule has 0 atom stereocenters. The number of rotatable bonds is 2. The number of hydrogen-bond donors (Lipinski definition) is 6. The van der Waals surface area contributed by atoms with E-state index in [1.165, 1.54) is 0 Å². The van der Waals surface area contributed by atoms with Crippen molar-refractivity contribution >= 4 is 57.1 Å². The number of amides is 1. The van der Waals surface area contributed by atoms with E-state index < -0.39 is 23.9 Å². The molecule has 12 heteroatoms. The van der Waals surface area contributed by atoms with Crippen LogP contribution in [-0.2, 0) is 24.0 Å². The molecule has 1 rings (SSSR count). The Kier molecular flexibility index (Phi) is 25.4. The highest BCUT2D eigenvalue weighted by molar-refractivity contribution is 9.09. The first-order chi connectivity index (χ1) is 12.6. The minimum absolute atomic E-state index is 0.0697. The SMILES string of the molecule is CC(=O)O.CC(=O)O.CC(=O)O.CC(=O)O.Nc1ccc(NC(=O)CBr)cc1. The maximum atomic E-state index is 10.9. The second-order valence-corrected chi connectivity index (χ2v) is 4.94. The van der Waals surface area contributed by atoms with Gasteiger partial charge in [-0.3, -0.25) is 24.0 Å². The zero-order chi connectivity index (χ0) is 23.3. The van der Waals surface area contributed by atoms with Crippen LogP contribution >= 0.6 is 15.9 Å². The highest BCUT2D eigenvalue weighted by Crippen LogP contribution is 2.10. The summed E-state index contributed by atoms with van der Waals surface area (Å²) in [6.45, 7) is 4.33. The van der Waals surface area contributed by atoms with Gasteiger partial charge in [0.25, 0.3) is 23.9 Å². The fraction of sp³-hybridized carbons (Fsp3) is 0.312. The maximum absolute atomic E-state index is 10.9. The number of nitrogens with two attached hydrogens (primary N) is 1. The van der Waals surface area contributed by atoms with Crippen molar-refractivity contribution in [1.82, 2.24) is 0 Å². The van der Waals surface area contributed by atoms with Gasteiger partial charge < -0.3 is 31.5 Å². The number of hydrogen-bond acceptors (Lipinski definition) is 6. The Hall–Kier alpha value is -3.15. The highest BCUT2D eigenvalue weighted by Gasteiger charge is 1.97. The van der Waals surface area contributed by atoms with Crippen LogP contribution in [0.1, 0.15) is 27.7 Å². The van der Waals surface area contributed by atoms with Crippen molar-refractivity contribution in [2.75, 3.05) is 16.4 Å². The average molecular weight is 469 g/mol. The van der Waals surface area contributed by atoms with Crippen LogP contribution in [0.3, 0.4) is 0 Å². The van der Waals surface area contributed by atoms with Gasteiger partial charge in [0.2, 0.25) is 5.91 Å². The molecule has 0 unspecified atom stereocenters. The lowest BCUT2D eigenvalue weighted by molar-refractivity contribution is -0.135. The summed E-state index contributed by atoms with van der Waals surface area (Å²) in [4.78, 5) is 46.9. The van der Waals surface area contributed by atoms with Crippen LogP contribution in [0.15, 0.2) is 24.3 Å². The molecule has 0 aliphatic rings. The lowest BCUT2D eigenvalue weighted by Crippen LogP contribution is -2.11. The number of anilines is 2. The molecule has 0 saturated heterocycles. The normalized spacial score (nSPS) is 7.61. The monoisotopic (exact) mass is 468 g/mol. The van der Waals surface area contributed by atoms with Crippen molar-refractivity contribution in [2.45, 2.75) is 27.7 Å². The summed E-state index contributed by atoms with van der Waals surface area (Å²) in [5, 5.41) is 32.6. The number of benzene rings is 1. The van der Waals surface area contributed by atoms with Crippen molar-refractivity contribution in [3.05, 3.63) is 24.3 Å². The molecule has 0 heterocycles. The van der Waals surface area contributed by atoms with E-state index in [2.05, 4.69) is 21.2 Å². The third-order valence-corrected chi connectivity index (χ3v) is 1.83. The Morgan fingerprint density at radius 2 is 1.04 bits per heavy atom. The van der Waals surface area contributed by atoms with Crippen LogP contribution in [-0.4, -0.2) is 55.5 Å². The quantitative estimate of drug-likeness (QED) is 0.274. The summed E-state index contributed by atoms with van der Waals surface area (Å²) in [6.07, 6.45) is 0. The Morgan fingerprint density at radius 3 is 1.25 bits per heavy atom. The summed E-state index contributed by atoms with van der Waals surface area (Å²) in [6, 6.07) is 7.00. The second-order valence-electron chi connectivity index (χ2n) is 4.38. The molecular formula is C16H25BrN2O9. The van der Waals surface area contributed by atoms with E-state index in [-0.39, 0.29) is 5.91 Å². The van der Waals surface area contributed by atoms with Gasteiger partial charge in [-0.2, -0.15) is 0 Å². The van der Waals surface area contributed by atoms with Gasteiger partial charge in [-0.25, -0.2) is 0 Å². The molecule has 160 valence electrons. The van der Waals surface area contributed by atoms with Crippen LogP contribution in [0.25, 0.3) is 0 Å². The summed E-state index contributed by atoms with van der Waals surface area (Å²) in [5.74, 6) is -3.40. The van der Waals surface area contributed by atoms with Gasteiger partial charge in [0, 0.05) is 39.1 Å². The molecule has 1 aromatic carbocycles. The third kappa shape index (κ3) is 66.1. The number of nitrogen functional groups attached to an aromatic ring is 1. The first-order valence-corrected chi connectivity index (χ1v) is 8.27. The topological polar surface area (TPSA) is 204 Å². The van der Waals surface area contributed by atoms with E-state index in [0.29, 0.717) is 11.0 Å². The zero-order valence-electron chi connectivity index (χ0n) is 15.8. The number of carboxylic acids is 4. The average Bonchev–Trinajstić information content (AvgIpc) is 2.47. The summed E-state index contributed by atoms with van der Waals surface area (Å²) in [7, 11) is 0. The van der Waals surface area contributed by atoms with Crippen LogP contribution in [0.4, 0.5) is 11.4 Å². The van der Waals surface area contributed by atoms with Gasteiger partial charge >= 0.3 is 0 Å². The van der Waals surface area contributed by atoms with Gasteiger partial charge in [0.1, 0.15) is 0 Å². The Labute approximate surface area is 170 Å². The van der Waals surface area contributed by atoms with Crippen molar-refractivity contribution < 1.29 is 44.4 Å². The Balaban J connectivity index is -0.000000150. The molecule has 0 radical (unpaired) electrons. The molecule has 0 spiro atoms. The predicted molar refractivity (Wildman–Crippen MR) is 107 cm³/mol. The van der Waals surface area contributed by atoms with E-state index >= 15 is 0 Å². The van der Waals surface area contributed by atoms with E-state index in [0.717, 1.165) is 33.4 Å². The molecule has 1 aromatic rings. The smallest absolute Gasteiger partial charge is 0.300 e. The first-order valence-electron chi connectivity index (χ1n) is 7.15. The Morgan fingerprint density at radius 1 is 0.786 bits per heavy atom. The molecule has 0 saturated carbocycles. The minimum Gasteiger partial charge on any atom is -0.481 e. The van der Waals surface area contributed by atoms with Gasteiger partial charge in [0.15, 0.2) is 0 Å². The summed E-state index contributed by atoms with van der Waals surface area (Å²) in [5.41, 5.74) is 6.91. The number of carbonyl (C=O) groups excluding carboxylic acids is 1. The lowest BCUT2D eigenvalue weighted by atomic mass is 10.3. The van der Waals surface area contributed by atoms with Gasteiger partial charge in [-0.15, -0.1) is 0 Å². The molecule has 1 amide bonds. The number of halogens is 1. The highest BCUT2D eigenvalue weighted by atomic mass is 79.9. The molecule has 11 nitrogen and oxygen atoms in total.